The molecule has 2 N–H and O–H groups in total. The summed E-state index contributed by atoms with van der Waals surface area (Å²) in [6, 6.07) is 1.79. The summed E-state index contributed by atoms with van der Waals surface area (Å²) in [5.41, 5.74) is 6.64. The van der Waals surface area contributed by atoms with Crippen LogP contribution in [0.4, 0.5) is 5.82 Å². The van der Waals surface area contributed by atoms with Crippen molar-refractivity contribution < 1.29 is 4.74 Å². The van der Waals surface area contributed by atoms with Crippen molar-refractivity contribution in [2.24, 2.45) is 0 Å². The summed E-state index contributed by atoms with van der Waals surface area (Å²) >= 11 is 0. The van der Waals surface area contributed by atoms with E-state index in [1.165, 1.54) is 0 Å². The highest BCUT2D eigenvalue weighted by molar-refractivity contribution is 5.29. The molecule has 2 atom stereocenters. The third kappa shape index (κ3) is 3.38. The molecule has 5 nitrogen and oxygen atoms in total. The molecule has 1 aromatic heterocycles. The van der Waals surface area contributed by atoms with Crippen LogP contribution in [0.15, 0.2) is 6.07 Å². The highest BCUT2D eigenvalue weighted by atomic mass is 16.5. The topological polar surface area (TPSA) is 64.3 Å². The Morgan fingerprint density at radius 2 is 2.00 bits per heavy atom. The van der Waals surface area contributed by atoms with Gasteiger partial charge in [0.2, 0.25) is 0 Å². The SMILES string of the molecule is Cc1cc(N)nc(CN2CC(C)OC(C)C2)n1. The van der Waals surface area contributed by atoms with E-state index < -0.39 is 0 Å². The number of hydrogen-bond acceptors (Lipinski definition) is 5. The van der Waals surface area contributed by atoms with Crippen molar-refractivity contribution in [1.82, 2.24) is 14.9 Å². The van der Waals surface area contributed by atoms with Crippen molar-refractivity contribution in [1.29, 1.82) is 0 Å². The van der Waals surface area contributed by atoms with Crippen LogP contribution in [0, 0.1) is 6.92 Å². The molecule has 1 fully saturated rings. The van der Waals surface area contributed by atoms with E-state index in [2.05, 4.69) is 28.7 Å². The lowest BCUT2D eigenvalue weighted by Crippen LogP contribution is -2.45. The van der Waals surface area contributed by atoms with Gasteiger partial charge in [0.25, 0.3) is 0 Å². The Balaban J connectivity index is 2.04. The fourth-order valence-electron chi connectivity index (χ4n) is 2.34. The second kappa shape index (κ2) is 4.98. The van der Waals surface area contributed by atoms with Gasteiger partial charge in [-0.05, 0) is 20.8 Å². The first-order valence-corrected chi connectivity index (χ1v) is 6.01. The molecule has 1 aliphatic rings. The van der Waals surface area contributed by atoms with Gasteiger partial charge in [-0.2, -0.15) is 0 Å². The quantitative estimate of drug-likeness (QED) is 0.829. The molecule has 17 heavy (non-hydrogen) atoms. The molecule has 94 valence electrons. The second-order valence-corrected chi connectivity index (χ2v) is 4.80. The molecule has 0 bridgehead atoms. The number of aryl methyl sites for hydroxylation is 1. The zero-order chi connectivity index (χ0) is 12.4. The Bertz CT molecular complexity index is 366. The summed E-state index contributed by atoms with van der Waals surface area (Å²) < 4.78 is 5.69. The van der Waals surface area contributed by atoms with Crippen LogP contribution in [-0.2, 0) is 11.3 Å². The lowest BCUT2D eigenvalue weighted by molar-refractivity contribution is -0.0710. The van der Waals surface area contributed by atoms with Gasteiger partial charge >= 0.3 is 0 Å². The third-order valence-corrected chi connectivity index (χ3v) is 2.78. The molecule has 2 rings (SSSR count). The second-order valence-electron chi connectivity index (χ2n) is 4.80. The van der Waals surface area contributed by atoms with Crippen molar-refractivity contribution in [3.05, 3.63) is 17.6 Å². The van der Waals surface area contributed by atoms with Crippen LogP contribution < -0.4 is 5.73 Å². The van der Waals surface area contributed by atoms with Gasteiger partial charge in [0, 0.05) is 24.8 Å². The Labute approximate surface area is 102 Å². The van der Waals surface area contributed by atoms with E-state index in [4.69, 9.17) is 10.5 Å². The minimum Gasteiger partial charge on any atom is -0.384 e. The number of aromatic nitrogens is 2. The van der Waals surface area contributed by atoms with Crippen LogP contribution in [-0.4, -0.2) is 40.2 Å². The average molecular weight is 236 g/mol. The zero-order valence-corrected chi connectivity index (χ0v) is 10.7. The number of nitrogens with zero attached hydrogens (tertiary/aromatic N) is 3. The molecule has 0 saturated carbocycles. The van der Waals surface area contributed by atoms with Crippen molar-refractivity contribution in [2.75, 3.05) is 18.8 Å². The molecule has 2 heterocycles. The standard InChI is InChI=1S/C12H20N4O/c1-8-4-11(13)15-12(14-8)7-16-5-9(2)17-10(3)6-16/h4,9-10H,5-7H2,1-3H3,(H2,13,14,15). The monoisotopic (exact) mass is 236 g/mol. The summed E-state index contributed by atoms with van der Waals surface area (Å²) in [5.74, 6) is 1.34. The molecular weight excluding hydrogens is 216 g/mol. The van der Waals surface area contributed by atoms with Gasteiger partial charge in [-0.3, -0.25) is 4.90 Å². The molecule has 0 aromatic carbocycles. The van der Waals surface area contributed by atoms with Gasteiger partial charge in [-0.25, -0.2) is 9.97 Å². The first-order chi connectivity index (χ1) is 8.02. The summed E-state index contributed by atoms with van der Waals surface area (Å²) in [6.07, 6.45) is 0.529. The first kappa shape index (κ1) is 12.3. The number of hydrogen-bond donors (Lipinski definition) is 1. The Kier molecular flexibility index (Phi) is 3.59. The van der Waals surface area contributed by atoms with Crippen molar-refractivity contribution in [2.45, 2.75) is 39.5 Å². The molecule has 0 aliphatic carbocycles. The van der Waals surface area contributed by atoms with Gasteiger partial charge < -0.3 is 10.5 Å². The highest BCUT2D eigenvalue weighted by Gasteiger charge is 2.22. The van der Waals surface area contributed by atoms with Gasteiger partial charge in [0.05, 0.1) is 18.8 Å². The number of rotatable bonds is 2. The molecule has 1 aromatic rings. The van der Waals surface area contributed by atoms with E-state index in [1.54, 1.807) is 6.07 Å². The fourth-order valence-corrected chi connectivity index (χ4v) is 2.34. The lowest BCUT2D eigenvalue weighted by Gasteiger charge is -2.34. The predicted octanol–water partition coefficient (Wildman–Crippen LogP) is 0.976. The van der Waals surface area contributed by atoms with Crippen molar-refractivity contribution in [3.63, 3.8) is 0 Å². The molecule has 5 heteroatoms. The van der Waals surface area contributed by atoms with E-state index in [-0.39, 0.29) is 12.2 Å². The van der Waals surface area contributed by atoms with E-state index >= 15 is 0 Å². The summed E-state index contributed by atoms with van der Waals surface area (Å²) in [7, 11) is 0. The maximum Gasteiger partial charge on any atom is 0.144 e. The number of morpholine rings is 1. The molecule has 1 aliphatic heterocycles. The maximum atomic E-state index is 5.72. The zero-order valence-electron chi connectivity index (χ0n) is 10.7. The van der Waals surface area contributed by atoms with Crippen molar-refractivity contribution in [3.8, 4) is 0 Å². The summed E-state index contributed by atoms with van der Waals surface area (Å²) in [5, 5.41) is 0. The molecule has 2 unspecified atom stereocenters. The number of ether oxygens (including phenoxy) is 1. The van der Waals surface area contributed by atoms with Crippen LogP contribution in [0.1, 0.15) is 25.4 Å². The van der Waals surface area contributed by atoms with E-state index in [1.807, 2.05) is 6.92 Å². The third-order valence-electron chi connectivity index (χ3n) is 2.78. The van der Waals surface area contributed by atoms with Crippen LogP contribution >= 0.6 is 0 Å². The Hall–Kier alpha value is -1.20. The molecule has 0 spiro atoms. The minimum absolute atomic E-state index is 0.265. The highest BCUT2D eigenvalue weighted by Crippen LogP contribution is 2.13. The average Bonchev–Trinajstić information content (AvgIpc) is 2.13. The van der Waals surface area contributed by atoms with Gasteiger partial charge in [-0.15, -0.1) is 0 Å². The predicted molar refractivity (Wildman–Crippen MR) is 66.5 cm³/mol. The maximum absolute atomic E-state index is 5.72. The summed E-state index contributed by atoms with van der Waals surface area (Å²) in [6.45, 7) is 8.70. The fraction of sp³-hybridized carbons (Fsp3) is 0.667. The summed E-state index contributed by atoms with van der Waals surface area (Å²) in [4.78, 5) is 11.0. The largest absolute Gasteiger partial charge is 0.384 e. The van der Waals surface area contributed by atoms with Crippen LogP contribution in [0.5, 0.6) is 0 Å². The normalized spacial score (nSPS) is 26.1. The molecule has 0 amide bonds. The number of anilines is 1. The van der Waals surface area contributed by atoms with Crippen LogP contribution in [0.3, 0.4) is 0 Å². The smallest absolute Gasteiger partial charge is 0.144 e. The number of nitrogens with two attached hydrogens (primary N) is 1. The van der Waals surface area contributed by atoms with Crippen LogP contribution in [0.25, 0.3) is 0 Å². The Morgan fingerprint density at radius 1 is 1.35 bits per heavy atom. The van der Waals surface area contributed by atoms with E-state index in [0.717, 1.165) is 31.2 Å². The van der Waals surface area contributed by atoms with E-state index in [0.29, 0.717) is 5.82 Å². The molecular formula is C12H20N4O. The minimum atomic E-state index is 0.265. The van der Waals surface area contributed by atoms with Gasteiger partial charge in [0.15, 0.2) is 0 Å². The molecule has 1 saturated heterocycles. The van der Waals surface area contributed by atoms with E-state index in [9.17, 15) is 0 Å². The molecule has 0 radical (unpaired) electrons. The van der Waals surface area contributed by atoms with Gasteiger partial charge in [0.1, 0.15) is 11.6 Å². The number of nitrogen functional groups attached to an aromatic ring is 1. The first-order valence-electron chi connectivity index (χ1n) is 6.01. The Morgan fingerprint density at radius 3 is 2.59 bits per heavy atom. The van der Waals surface area contributed by atoms with Gasteiger partial charge in [-0.1, -0.05) is 0 Å². The lowest BCUT2D eigenvalue weighted by atomic mass is 10.2. The van der Waals surface area contributed by atoms with Crippen molar-refractivity contribution >= 4 is 5.82 Å². The van der Waals surface area contributed by atoms with Crippen LogP contribution in [0.2, 0.25) is 0 Å².